The number of hydrogen-bond donors (Lipinski definition) is 1. The molecule has 3 rings (SSSR count). The highest BCUT2D eigenvalue weighted by Crippen LogP contribution is 2.33. The monoisotopic (exact) mass is 549 g/mol. The summed E-state index contributed by atoms with van der Waals surface area (Å²) in [4.78, 5) is 11.1. The zero-order valence-corrected chi connectivity index (χ0v) is 24.4. The summed E-state index contributed by atoms with van der Waals surface area (Å²) in [6.45, 7) is 6.72. The van der Waals surface area contributed by atoms with Gasteiger partial charge in [-0.2, -0.15) is 11.8 Å². The highest BCUT2D eigenvalue weighted by molar-refractivity contribution is 7.98. The fourth-order valence-corrected chi connectivity index (χ4v) is 5.74. The van der Waals surface area contributed by atoms with Gasteiger partial charge in [0.2, 0.25) is 6.79 Å². The number of thioether (sulfide) groups is 1. The molecule has 2 atom stereocenters. The second-order valence-electron chi connectivity index (χ2n) is 8.94. The number of carbonyl (C=O) groups is 1. The van der Waals surface area contributed by atoms with Crippen molar-refractivity contribution in [3.05, 3.63) is 53.6 Å². The molecule has 2 aromatic rings. The normalized spacial score (nSPS) is 13.3. The number of carbonyl (C=O) groups excluding carboxylic acids is 1. The summed E-state index contributed by atoms with van der Waals surface area (Å²) in [6, 6.07) is 13.6. The van der Waals surface area contributed by atoms with Crippen molar-refractivity contribution in [3.63, 3.8) is 0 Å². The first kappa shape index (κ1) is 31.0. The lowest BCUT2D eigenvalue weighted by Crippen LogP contribution is -2.22. The van der Waals surface area contributed by atoms with Crippen LogP contribution >= 0.6 is 11.8 Å². The molecular weight excluding hydrogens is 506 g/mol. The molecular formula is C29H43NO5S2. The molecule has 0 saturated carbocycles. The van der Waals surface area contributed by atoms with Crippen molar-refractivity contribution in [2.75, 3.05) is 25.3 Å². The summed E-state index contributed by atoms with van der Waals surface area (Å²) in [5.41, 5.74) is 2.22. The first-order valence-corrected chi connectivity index (χ1v) is 15.8. The molecule has 0 saturated heterocycles. The highest BCUT2D eigenvalue weighted by Gasteiger charge is 2.16. The van der Waals surface area contributed by atoms with E-state index in [0.29, 0.717) is 12.5 Å². The Hall–Kier alpha value is -2.19. The molecule has 6 nitrogen and oxygen atoms in total. The average Bonchev–Trinajstić information content (AvgIpc) is 3.38. The molecule has 0 bridgehead atoms. The number of para-hydroxylation sites is 1. The third-order valence-electron chi connectivity index (χ3n) is 5.95. The Morgan fingerprint density at radius 2 is 1.78 bits per heavy atom. The van der Waals surface area contributed by atoms with E-state index in [9.17, 15) is 9.00 Å². The molecule has 0 radical (unpaired) electrons. The fourth-order valence-electron chi connectivity index (χ4n) is 3.80. The van der Waals surface area contributed by atoms with Crippen LogP contribution in [0.25, 0.3) is 0 Å². The molecule has 1 N–H and O–H groups in total. The lowest BCUT2D eigenvalue weighted by molar-refractivity contribution is 0.174. The van der Waals surface area contributed by atoms with E-state index in [-0.39, 0.29) is 5.25 Å². The predicted molar refractivity (Wildman–Crippen MR) is 155 cm³/mol. The van der Waals surface area contributed by atoms with Gasteiger partial charge in [0.05, 0.1) is 0 Å². The van der Waals surface area contributed by atoms with Gasteiger partial charge in [-0.1, -0.05) is 77.1 Å². The van der Waals surface area contributed by atoms with Crippen molar-refractivity contribution in [1.82, 2.24) is 5.32 Å². The van der Waals surface area contributed by atoms with Crippen LogP contribution < -0.4 is 19.5 Å². The maximum Gasteiger partial charge on any atom is 0.412 e. The molecule has 1 heterocycles. The second-order valence-corrected chi connectivity index (χ2v) is 12.2. The van der Waals surface area contributed by atoms with Crippen molar-refractivity contribution in [3.8, 4) is 17.2 Å². The number of unbranched alkanes of at least 4 members (excludes halogenated alkanes) is 5. The summed E-state index contributed by atoms with van der Waals surface area (Å²) in [7, 11) is 0.805. The Morgan fingerprint density at radius 3 is 2.54 bits per heavy atom. The summed E-state index contributed by atoms with van der Waals surface area (Å²) in [6.07, 6.45) is 7.90. The molecule has 1 aliphatic heterocycles. The lowest BCUT2D eigenvalue weighted by atomic mass is 10.1. The lowest BCUT2D eigenvalue weighted by Gasteiger charge is -2.12. The smallest absolute Gasteiger partial charge is 0.412 e. The van der Waals surface area contributed by atoms with Gasteiger partial charge in [0.15, 0.2) is 11.5 Å². The molecule has 0 spiro atoms. The van der Waals surface area contributed by atoms with Gasteiger partial charge in [0.1, 0.15) is 5.75 Å². The van der Waals surface area contributed by atoms with Gasteiger partial charge >= 0.3 is 6.09 Å². The van der Waals surface area contributed by atoms with Crippen molar-refractivity contribution in [2.45, 2.75) is 76.7 Å². The molecule has 0 aliphatic carbocycles. The van der Waals surface area contributed by atoms with E-state index in [0.717, 1.165) is 47.2 Å². The van der Waals surface area contributed by atoms with Crippen molar-refractivity contribution < 1.29 is 23.2 Å². The number of benzene rings is 2. The summed E-state index contributed by atoms with van der Waals surface area (Å²) in [5, 5.41) is 2.62. The number of rotatable bonds is 14. The van der Waals surface area contributed by atoms with Crippen LogP contribution in [0.15, 0.2) is 42.5 Å². The van der Waals surface area contributed by atoms with Crippen LogP contribution in [0.4, 0.5) is 4.79 Å². The molecule has 206 valence electrons. The van der Waals surface area contributed by atoms with Gasteiger partial charge in [-0.25, -0.2) is 4.79 Å². The van der Waals surface area contributed by atoms with Crippen LogP contribution in [0.2, 0.25) is 0 Å². The number of amides is 1. The molecule has 2 aromatic carbocycles. The minimum absolute atomic E-state index is 0.191. The largest absolute Gasteiger partial charge is 0.454 e. The summed E-state index contributed by atoms with van der Waals surface area (Å²) >= 11 is 1.80. The Morgan fingerprint density at radius 1 is 1.05 bits per heavy atom. The molecule has 1 amide bonds. The van der Waals surface area contributed by atoms with E-state index in [1.165, 1.54) is 37.7 Å². The van der Waals surface area contributed by atoms with Crippen molar-refractivity contribution >= 4 is 28.7 Å². The number of nitrogens with one attached hydrogen (secondary N) is 1. The van der Waals surface area contributed by atoms with Gasteiger partial charge in [0.25, 0.3) is 0 Å². The molecule has 8 heteroatoms. The minimum atomic E-state index is -0.743. The first-order valence-electron chi connectivity index (χ1n) is 13.3. The van der Waals surface area contributed by atoms with Gasteiger partial charge in [0, 0.05) is 40.2 Å². The molecule has 37 heavy (non-hydrogen) atoms. The van der Waals surface area contributed by atoms with Gasteiger partial charge in [-0.05, 0) is 42.4 Å². The van der Waals surface area contributed by atoms with Gasteiger partial charge in [-0.15, -0.1) is 0 Å². The fraction of sp³-hybridized carbons (Fsp3) is 0.552. The third kappa shape index (κ3) is 11.8. The van der Waals surface area contributed by atoms with E-state index >= 15 is 0 Å². The Balaban J connectivity index is 0.000000281. The van der Waals surface area contributed by atoms with E-state index in [2.05, 4.69) is 26.1 Å². The maximum absolute atomic E-state index is 12.3. The molecule has 0 fully saturated rings. The molecule has 0 aromatic heterocycles. The summed E-state index contributed by atoms with van der Waals surface area (Å²) in [5.74, 6) is 5.00. The van der Waals surface area contributed by atoms with Crippen LogP contribution in [0, 0.1) is 0 Å². The van der Waals surface area contributed by atoms with E-state index in [1.54, 1.807) is 24.9 Å². The highest BCUT2D eigenvalue weighted by atomic mass is 32.2. The Labute approximate surface area is 229 Å². The Bertz CT molecular complexity index is 969. The van der Waals surface area contributed by atoms with E-state index < -0.39 is 16.9 Å². The van der Waals surface area contributed by atoms with Crippen LogP contribution in [-0.2, 0) is 23.0 Å². The first-order chi connectivity index (χ1) is 18.0. The Kier molecular flexibility index (Phi) is 15.2. The van der Waals surface area contributed by atoms with E-state index in [1.807, 2.05) is 36.4 Å². The predicted octanol–water partition coefficient (Wildman–Crippen LogP) is 7.11. The van der Waals surface area contributed by atoms with E-state index in [4.69, 9.17) is 14.2 Å². The third-order valence-corrected chi connectivity index (χ3v) is 8.63. The SMILES string of the molecule is CCCCCCCCS(=O)C(C)Cc1ccc2c(c1)OCO2.CCSCc1ccccc1OC(=O)NC. The molecule has 2 unspecified atom stereocenters. The van der Waals surface area contributed by atoms with Crippen LogP contribution in [-0.4, -0.2) is 40.9 Å². The summed E-state index contributed by atoms with van der Waals surface area (Å²) < 4.78 is 28.2. The number of fused-ring (bicyclic) bond motifs is 1. The molecule has 1 aliphatic rings. The van der Waals surface area contributed by atoms with Crippen molar-refractivity contribution in [2.24, 2.45) is 0 Å². The number of ether oxygens (including phenoxy) is 3. The second kappa shape index (κ2) is 18.1. The van der Waals surface area contributed by atoms with Crippen molar-refractivity contribution in [1.29, 1.82) is 0 Å². The topological polar surface area (TPSA) is 73.9 Å². The van der Waals surface area contributed by atoms with Gasteiger partial charge in [-0.3, -0.25) is 4.21 Å². The maximum atomic E-state index is 12.3. The standard InChI is InChI=1S/C18H28O3S.C11H15NO2S/c1-3-4-5-6-7-8-11-22(19)15(2)12-16-9-10-17-18(13-16)21-14-20-17;1-3-15-8-9-6-4-5-7-10(9)14-11(13)12-2/h9-10,13,15H,3-8,11-12,14H2,1-2H3;4-7H,3,8H2,1-2H3,(H,12,13). The quantitative estimate of drug-likeness (QED) is 0.253. The van der Waals surface area contributed by atoms with Crippen LogP contribution in [0.5, 0.6) is 17.2 Å². The number of hydrogen-bond acceptors (Lipinski definition) is 6. The zero-order chi connectivity index (χ0) is 26.9. The minimum Gasteiger partial charge on any atom is -0.454 e. The van der Waals surface area contributed by atoms with Gasteiger partial charge < -0.3 is 19.5 Å². The van der Waals surface area contributed by atoms with Crippen LogP contribution in [0.3, 0.4) is 0 Å². The average molecular weight is 550 g/mol. The van der Waals surface area contributed by atoms with Crippen LogP contribution in [0.1, 0.15) is 70.4 Å². The zero-order valence-electron chi connectivity index (χ0n) is 22.8.